The van der Waals surface area contributed by atoms with Gasteiger partial charge in [0.15, 0.2) is 12.1 Å². The monoisotopic (exact) mass is 187 g/mol. The maximum Gasteiger partial charge on any atom is 0.167 e. The summed E-state index contributed by atoms with van der Waals surface area (Å²) in [6.45, 7) is 1.46. The molecule has 2 rings (SSSR count). The number of nitrogens with zero attached hydrogens (tertiary/aromatic N) is 1. The Balaban J connectivity index is 2.85. The highest BCUT2D eigenvalue weighted by Crippen LogP contribution is 2.15. The second-order valence-electron chi connectivity index (χ2n) is 3.11. The first-order chi connectivity index (χ1) is 6.74. The highest BCUT2D eigenvalue weighted by molar-refractivity contribution is 6.02. The van der Waals surface area contributed by atoms with Crippen LogP contribution in [0.5, 0.6) is 0 Å². The highest BCUT2D eigenvalue weighted by Gasteiger charge is 2.11. The predicted molar refractivity (Wildman–Crippen MR) is 52.8 cm³/mol. The Bertz CT molecular complexity index is 511. The number of aldehydes is 1. The van der Waals surface area contributed by atoms with Crippen molar-refractivity contribution in [3.63, 3.8) is 0 Å². The van der Waals surface area contributed by atoms with Crippen LogP contribution in [0.15, 0.2) is 30.5 Å². The largest absolute Gasteiger partial charge is 0.314 e. The van der Waals surface area contributed by atoms with Crippen LogP contribution in [0.1, 0.15) is 27.8 Å². The number of hydrogen-bond acceptors (Lipinski definition) is 2. The molecule has 0 atom stereocenters. The van der Waals surface area contributed by atoms with E-state index in [0.717, 1.165) is 5.52 Å². The lowest BCUT2D eigenvalue weighted by molar-refractivity contribution is 0.100. The van der Waals surface area contributed by atoms with E-state index in [-0.39, 0.29) is 5.78 Å². The standard InChI is InChI=1S/C11H9NO2/c1-8(14)10-6-9-4-2-3-5-12(9)11(10)7-13/h2-7H,1H3. The summed E-state index contributed by atoms with van der Waals surface area (Å²) in [5, 5.41) is 0. The molecular formula is C11H9NO2. The van der Waals surface area contributed by atoms with Crippen LogP contribution < -0.4 is 0 Å². The second kappa shape index (κ2) is 3.10. The lowest BCUT2D eigenvalue weighted by Gasteiger charge is -1.95. The van der Waals surface area contributed by atoms with Crippen LogP contribution in [-0.4, -0.2) is 16.5 Å². The van der Waals surface area contributed by atoms with Gasteiger partial charge in [-0.05, 0) is 25.1 Å². The topological polar surface area (TPSA) is 38.5 Å². The van der Waals surface area contributed by atoms with Gasteiger partial charge in [0.2, 0.25) is 0 Å². The maximum atomic E-state index is 11.2. The highest BCUT2D eigenvalue weighted by atomic mass is 16.1. The fraction of sp³-hybridized carbons (Fsp3) is 0.0909. The Kier molecular flexibility index (Phi) is 1.93. The molecule has 3 nitrogen and oxygen atoms in total. The fourth-order valence-electron chi connectivity index (χ4n) is 1.55. The molecule has 0 bridgehead atoms. The minimum absolute atomic E-state index is 0.0872. The van der Waals surface area contributed by atoms with Gasteiger partial charge < -0.3 is 4.40 Å². The van der Waals surface area contributed by atoms with Gasteiger partial charge in [-0.15, -0.1) is 0 Å². The summed E-state index contributed by atoms with van der Waals surface area (Å²) in [6.07, 6.45) is 2.48. The quantitative estimate of drug-likeness (QED) is 0.532. The summed E-state index contributed by atoms with van der Waals surface area (Å²) >= 11 is 0. The molecule has 0 fully saturated rings. The number of Topliss-reactive ketones (excluding diaryl/α,β-unsaturated/α-hetero) is 1. The Hall–Kier alpha value is -1.90. The van der Waals surface area contributed by atoms with Gasteiger partial charge in [0.25, 0.3) is 0 Å². The van der Waals surface area contributed by atoms with Gasteiger partial charge in [-0.25, -0.2) is 0 Å². The summed E-state index contributed by atoms with van der Waals surface area (Å²) < 4.78 is 1.71. The molecule has 2 aromatic rings. The molecule has 2 heterocycles. The molecule has 0 N–H and O–H groups in total. The molecule has 0 radical (unpaired) electrons. The van der Waals surface area contributed by atoms with Crippen molar-refractivity contribution in [2.75, 3.05) is 0 Å². The molecule has 0 spiro atoms. The van der Waals surface area contributed by atoms with E-state index in [4.69, 9.17) is 0 Å². The smallest absolute Gasteiger partial charge is 0.167 e. The van der Waals surface area contributed by atoms with Crippen LogP contribution in [0, 0.1) is 0 Å². The van der Waals surface area contributed by atoms with E-state index in [9.17, 15) is 9.59 Å². The summed E-state index contributed by atoms with van der Waals surface area (Å²) in [5.74, 6) is -0.0872. The average molecular weight is 187 g/mol. The minimum Gasteiger partial charge on any atom is -0.314 e. The number of pyridine rings is 1. The van der Waals surface area contributed by atoms with Gasteiger partial charge in [0.1, 0.15) is 0 Å². The molecule has 0 aliphatic heterocycles. The molecule has 0 amide bonds. The van der Waals surface area contributed by atoms with Crippen molar-refractivity contribution >= 4 is 17.6 Å². The Morgan fingerprint density at radius 1 is 1.43 bits per heavy atom. The predicted octanol–water partition coefficient (Wildman–Crippen LogP) is 1.95. The third kappa shape index (κ3) is 1.14. The number of ketones is 1. The van der Waals surface area contributed by atoms with Gasteiger partial charge in [0.05, 0.1) is 5.69 Å². The number of hydrogen-bond donors (Lipinski definition) is 0. The normalized spacial score (nSPS) is 10.4. The van der Waals surface area contributed by atoms with E-state index in [1.165, 1.54) is 6.92 Å². The molecule has 0 saturated carbocycles. The molecule has 0 aliphatic carbocycles. The summed E-state index contributed by atoms with van der Waals surface area (Å²) in [6, 6.07) is 7.28. The van der Waals surface area contributed by atoms with Gasteiger partial charge >= 0.3 is 0 Å². The molecule has 14 heavy (non-hydrogen) atoms. The number of carbonyl (C=O) groups is 2. The zero-order chi connectivity index (χ0) is 10.1. The van der Waals surface area contributed by atoms with Gasteiger partial charge in [0, 0.05) is 17.3 Å². The molecule has 2 aromatic heterocycles. The summed E-state index contributed by atoms with van der Waals surface area (Å²) in [4.78, 5) is 22.1. The van der Waals surface area contributed by atoms with Crippen molar-refractivity contribution in [1.29, 1.82) is 0 Å². The molecule has 0 saturated heterocycles. The first-order valence-electron chi connectivity index (χ1n) is 4.30. The SMILES string of the molecule is CC(=O)c1cc2ccccn2c1C=O. The molecule has 0 aliphatic rings. The molecule has 0 aromatic carbocycles. The number of aromatic nitrogens is 1. The Morgan fingerprint density at radius 2 is 2.21 bits per heavy atom. The summed E-state index contributed by atoms with van der Waals surface area (Å²) in [5.41, 5.74) is 1.76. The molecule has 0 unspecified atom stereocenters. The van der Waals surface area contributed by atoms with Gasteiger partial charge in [-0.2, -0.15) is 0 Å². The number of fused-ring (bicyclic) bond motifs is 1. The van der Waals surface area contributed by atoms with Crippen molar-refractivity contribution in [1.82, 2.24) is 4.40 Å². The molecular weight excluding hydrogens is 178 g/mol. The van der Waals surface area contributed by atoms with Crippen molar-refractivity contribution in [3.8, 4) is 0 Å². The van der Waals surface area contributed by atoms with Crippen LogP contribution >= 0.6 is 0 Å². The number of carbonyl (C=O) groups excluding carboxylic acids is 2. The first-order valence-corrected chi connectivity index (χ1v) is 4.30. The lowest BCUT2D eigenvalue weighted by atomic mass is 10.2. The van der Waals surface area contributed by atoms with E-state index >= 15 is 0 Å². The molecule has 70 valence electrons. The maximum absolute atomic E-state index is 11.2. The van der Waals surface area contributed by atoms with Crippen LogP contribution in [-0.2, 0) is 0 Å². The Labute approximate surface area is 81.0 Å². The zero-order valence-corrected chi connectivity index (χ0v) is 7.73. The van der Waals surface area contributed by atoms with Gasteiger partial charge in [-0.1, -0.05) is 6.07 Å². The Morgan fingerprint density at radius 3 is 2.86 bits per heavy atom. The van der Waals surface area contributed by atoms with Crippen LogP contribution in [0.4, 0.5) is 0 Å². The number of rotatable bonds is 2. The van der Waals surface area contributed by atoms with E-state index in [2.05, 4.69) is 0 Å². The third-order valence-corrected chi connectivity index (χ3v) is 2.21. The second-order valence-corrected chi connectivity index (χ2v) is 3.11. The van der Waals surface area contributed by atoms with E-state index in [1.54, 1.807) is 16.7 Å². The van der Waals surface area contributed by atoms with E-state index in [1.807, 2.05) is 18.2 Å². The van der Waals surface area contributed by atoms with Crippen LogP contribution in [0.25, 0.3) is 5.52 Å². The van der Waals surface area contributed by atoms with Gasteiger partial charge in [-0.3, -0.25) is 9.59 Å². The van der Waals surface area contributed by atoms with Crippen LogP contribution in [0.3, 0.4) is 0 Å². The van der Waals surface area contributed by atoms with Crippen molar-refractivity contribution in [3.05, 3.63) is 41.7 Å². The van der Waals surface area contributed by atoms with Crippen molar-refractivity contribution in [2.45, 2.75) is 6.92 Å². The van der Waals surface area contributed by atoms with E-state index in [0.29, 0.717) is 17.5 Å². The summed E-state index contributed by atoms with van der Waals surface area (Å²) in [7, 11) is 0. The van der Waals surface area contributed by atoms with E-state index < -0.39 is 0 Å². The van der Waals surface area contributed by atoms with Crippen molar-refractivity contribution in [2.24, 2.45) is 0 Å². The first kappa shape index (κ1) is 8.69. The molecule has 3 heteroatoms. The minimum atomic E-state index is -0.0872. The van der Waals surface area contributed by atoms with Crippen LogP contribution in [0.2, 0.25) is 0 Å². The zero-order valence-electron chi connectivity index (χ0n) is 7.73. The van der Waals surface area contributed by atoms with Crippen molar-refractivity contribution < 1.29 is 9.59 Å². The lowest BCUT2D eigenvalue weighted by Crippen LogP contribution is -1.97. The fourth-order valence-corrected chi connectivity index (χ4v) is 1.55. The average Bonchev–Trinajstić information content (AvgIpc) is 2.56. The third-order valence-electron chi connectivity index (χ3n) is 2.21.